The fourth-order valence-electron chi connectivity index (χ4n) is 2.71. The van der Waals surface area contributed by atoms with E-state index in [1.54, 1.807) is 17.0 Å². The van der Waals surface area contributed by atoms with Crippen molar-refractivity contribution in [2.45, 2.75) is 26.5 Å². The maximum atomic E-state index is 12.8. The second-order valence-corrected chi connectivity index (χ2v) is 6.50. The van der Waals surface area contributed by atoms with Crippen LogP contribution in [0.5, 0.6) is 5.75 Å². The third-order valence-electron chi connectivity index (χ3n) is 3.87. The Morgan fingerprint density at radius 1 is 1.26 bits per heavy atom. The van der Waals surface area contributed by atoms with Crippen molar-refractivity contribution in [1.82, 2.24) is 0 Å². The van der Waals surface area contributed by atoms with E-state index in [1.165, 1.54) is 0 Å². The van der Waals surface area contributed by atoms with Crippen molar-refractivity contribution in [1.29, 1.82) is 0 Å². The largest absolute Gasteiger partial charge is 0.478 e. The normalized spacial score (nSPS) is 17.1. The van der Waals surface area contributed by atoms with Crippen LogP contribution in [0, 0.1) is 5.92 Å². The number of hydrogen-bond donors (Lipinski definition) is 1. The first kappa shape index (κ1) is 15.7. The molecule has 1 unspecified atom stereocenters. The lowest BCUT2D eigenvalue weighted by molar-refractivity contribution is -0.128. The molecule has 3 rings (SSSR count). The van der Waals surface area contributed by atoms with Crippen molar-refractivity contribution >= 4 is 28.9 Å². The number of nitrogens with two attached hydrogens (primary N) is 1. The third-order valence-corrected chi connectivity index (χ3v) is 4.11. The highest BCUT2D eigenvalue weighted by atomic mass is 35.5. The van der Waals surface area contributed by atoms with E-state index >= 15 is 0 Å². The molecule has 2 aromatic carbocycles. The van der Waals surface area contributed by atoms with Crippen molar-refractivity contribution in [3.8, 4) is 5.75 Å². The summed E-state index contributed by atoms with van der Waals surface area (Å²) in [4.78, 5) is 14.6. The zero-order valence-electron chi connectivity index (χ0n) is 13.1. The summed E-state index contributed by atoms with van der Waals surface area (Å²) in [6.07, 6.45) is -0.511. The van der Waals surface area contributed by atoms with E-state index in [4.69, 9.17) is 22.1 Å². The molecule has 120 valence electrons. The Bertz CT molecular complexity index is 746. The number of anilines is 2. The molecular weight excluding hydrogens is 312 g/mol. The molecule has 0 radical (unpaired) electrons. The van der Waals surface area contributed by atoms with E-state index in [2.05, 4.69) is 0 Å². The average Bonchev–Trinajstić information content (AvgIpc) is 2.49. The van der Waals surface area contributed by atoms with E-state index in [9.17, 15) is 4.79 Å². The quantitative estimate of drug-likeness (QED) is 0.869. The van der Waals surface area contributed by atoms with Crippen LogP contribution in [-0.4, -0.2) is 12.0 Å². The van der Waals surface area contributed by atoms with Crippen LogP contribution in [-0.2, 0) is 11.3 Å². The number of nitrogens with zero attached hydrogens (tertiary/aromatic N) is 1. The number of benzene rings is 2. The summed E-state index contributed by atoms with van der Waals surface area (Å²) in [7, 11) is 0. The number of amides is 1. The van der Waals surface area contributed by atoms with E-state index in [0.717, 1.165) is 11.3 Å². The fraction of sp³-hybridized carbons (Fsp3) is 0.278. The molecule has 0 bridgehead atoms. The average molecular weight is 331 g/mol. The lowest BCUT2D eigenvalue weighted by Crippen LogP contribution is -2.48. The Kier molecular flexibility index (Phi) is 4.18. The van der Waals surface area contributed by atoms with Crippen LogP contribution in [0.15, 0.2) is 42.5 Å². The van der Waals surface area contributed by atoms with Crippen LogP contribution < -0.4 is 15.4 Å². The minimum atomic E-state index is -0.511. The third kappa shape index (κ3) is 3.13. The predicted octanol–water partition coefficient (Wildman–Crippen LogP) is 3.87. The molecule has 4 nitrogen and oxygen atoms in total. The highest BCUT2D eigenvalue weighted by Crippen LogP contribution is 2.38. The zero-order valence-corrected chi connectivity index (χ0v) is 13.9. The van der Waals surface area contributed by atoms with Gasteiger partial charge in [0.15, 0.2) is 6.10 Å². The maximum Gasteiger partial charge on any atom is 0.268 e. The van der Waals surface area contributed by atoms with Gasteiger partial charge < -0.3 is 15.4 Å². The van der Waals surface area contributed by atoms with Crippen LogP contribution in [0.25, 0.3) is 0 Å². The summed E-state index contributed by atoms with van der Waals surface area (Å²) in [5.41, 5.74) is 8.18. The van der Waals surface area contributed by atoms with Gasteiger partial charge in [0.25, 0.3) is 5.91 Å². The van der Waals surface area contributed by atoms with Gasteiger partial charge in [-0.2, -0.15) is 0 Å². The summed E-state index contributed by atoms with van der Waals surface area (Å²) >= 11 is 6.05. The molecular formula is C18H19ClN2O2. The molecule has 5 heteroatoms. The summed E-state index contributed by atoms with van der Waals surface area (Å²) in [6.45, 7) is 4.39. The van der Waals surface area contributed by atoms with Crippen molar-refractivity contribution in [3.05, 3.63) is 53.1 Å². The van der Waals surface area contributed by atoms with Gasteiger partial charge >= 0.3 is 0 Å². The number of halogens is 1. The van der Waals surface area contributed by atoms with E-state index in [-0.39, 0.29) is 11.8 Å². The van der Waals surface area contributed by atoms with Gasteiger partial charge in [0.1, 0.15) is 5.75 Å². The lowest BCUT2D eigenvalue weighted by Gasteiger charge is -2.36. The highest BCUT2D eigenvalue weighted by molar-refractivity contribution is 6.30. The molecule has 0 saturated heterocycles. The van der Waals surface area contributed by atoms with Crippen molar-refractivity contribution in [2.75, 3.05) is 10.6 Å². The van der Waals surface area contributed by atoms with Gasteiger partial charge in [-0.25, -0.2) is 0 Å². The minimum Gasteiger partial charge on any atom is -0.478 e. The number of rotatable bonds is 3. The molecule has 1 heterocycles. The first-order valence-electron chi connectivity index (χ1n) is 7.57. The standard InChI is InChI=1S/C18H19ClN2O2/c1-11(2)17-18(22)21(10-12-4-3-5-13(19)8-12)15-7-6-14(20)9-16(15)23-17/h3-9,11,17H,10,20H2,1-2H3. The highest BCUT2D eigenvalue weighted by Gasteiger charge is 2.36. The molecule has 1 amide bonds. The first-order chi connectivity index (χ1) is 11.0. The molecule has 0 aromatic heterocycles. The van der Waals surface area contributed by atoms with E-state index < -0.39 is 6.10 Å². The molecule has 1 atom stereocenters. The Labute approximate surface area is 140 Å². The lowest BCUT2D eigenvalue weighted by atomic mass is 10.0. The molecule has 0 aliphatic carbocycles. The van der Waals surface area contributed by atoms with Crippen molar-refractivity contribution in [3.63, 3.8) is 0 Å². The number of hydrogen-bond acceptors (Lipinski definition) is 3. The second-order valence-electron chi connectivity index (χ2n) is 6.06. The summed E-state index contributed by atoms with van der Waals surface area (Å²) in [6, 6.07) is 12.9. The Balaban J connectivity index is 2.01. The molecule has 0 spiro atoms. The molecule has 0 saturated carbocycles. The first-order valence-corrected chi connectivity index (χ1v) is 7.95. The fourth-order valence-corrected chi connectivity index (χ4v) is 2.92. The molecule has 2 N–H and O–H groups in total. The Morgan fingerprint density at radius 3 is 2.74 bits per heavy atom. The number of nitrogen functional groups attached to an aromatic ring is 1. The van der Waals surface area contributed by atoms with Crippen LogP contribution in [0.3, 0.4) is 0 Å². The van der Waals surface area contributed by atoms with Crippen LogP contribution in [0.2, 0.25) is 5.02 Å². The van der Waals surface area contributed by atoms with Gasteiger partial charge in [-0.05, 0) is 35.7 Å². The zero-order chi connectivity index (χ0) is 16.6. The maximum absolute atomic E-state index is 12.8. The smallest absolute Gasteiger partial charge is 0.268 e. The number of ether oxygens (including phenoxy) is 1. The van der Waals surface area contributed by atoms with Gasteiger partial charge in [-0.1, -0.05) is 37.6 Å². The Hall–Kier alpha value is -2.20. The Morgan fingerprint density at radius 2 is 2.04 bits per heavy atom. The minimum absolute atomic E-state index is 0.0442. The number of fused-ring (bicyclic) bond motifs is 1. The number of carbonyl (C=O) groups excluding carboxylic acids is 1. The monoisotopic (exact) mass is 330 g/mol. The van der Waals surface area contributed by atoms with Crippen LogP contribution in [0.4, 0.5) is 11.4 Å². The van der Waals surface area contributed by atoms with Gasteiger partial charge in [0.2, 0.25) is 0 Å². The van der Waals surface area contributed by atoms with Gasteiger partial charge in [-0.15, -0.1) is 0 Å². The molecule has 23 heavy (non-hydrogen) atoms. The molecule has 1 aliphatic rings. The topological polar surface area (TPSA) is 55.6 Å². The van der Waals surface area contributed by atoms with Gasteiger partial charge in [-0.3, -0.25) is 4.79 Å². The van der Waals surface area contributed by atoms with Gasteiger partial charge in [0, 0.05) is 16.8 Å². The summed E-state index contributed by atoms with van der Waals surface area (Å²) < 4.78 is 5.88. The van der Waals surface area contributed by atoms with Crippen molar-refractivity contribution in [2.24, 2.45) is 5.92 Å². The molecule has 1 aliphatic heterocycles. The van der Waals surface area contributed by atoms with Crippen molar-refractivity contribution < 1.29 is 9.53 Å². The molecule has 2 aromatic rings. The van der Waals surface area contributed by atoms with E-state index in [1.807, 2.05) is 44.2 Å². The molecule has 0 fully saturated rings. The van der Waals surface area contributed by atoms with Gasteiger partial charge in [0.05, 0.1) is 12.2 Å². The summed E-state index contributed by atoms with van der Waals surface area (Å²) in [5, 5.41) is 0.654. The second kappa shape index (κ2) is 6.13. The van der Waals surface area contributed by atoms with Crippen LogP contribution >= 0.6 is 11.6 Å². The van der Waals surface area contributed by atoms with E-state index in [0.29, 0.717) is 23.0 Å². The summed E-state index contributed by atoms with van der Waals surface area (Å²) in [5.74, 6) is 0.668. The predicted molar refractivity (Wildman–Crippen MR) is 92.8 cm³/mol. The van der Waals surface area contributed by atoms with Crippen LogP contribution in [0.1, 0.15) is 19.4 Å². The SMILES string of the molecule is CC(C)C1Oc2cc(N)ccc2N(Cc2cccc(Cl)c2)C1=O. The number of carbonyl (C=O) groups is 1.